The average molecular weight is 451 g/mol. The zero-order valence-corrected chi connectivity index (χ0v) is 19.3. The fourth-order valence-corrected chi connectivity index (χ4v) is 4.17. The lowest BCUT2D eigenvalue weighted by Crippen LogP contribution is -2.00. The molecule has 0 atom stereocenters. The van der Waals surface area contributed by atoms with Crippen molar-refractivity contribution >= 4 is 10.8 Å². The molecule has 6 aromatic rings. The van der Waals surface area contributed by atoms with Gasteiger partial charge in [-0.3, -0.25) is 4.98 Å². The normalized spacial score (nSPS) is 11.0. The molecule has 0 fully saturated rings. The lowest BCUT2D eigenvalue weighted by Gasteiger charge is -2.09. The molecule has 4 heteroatoms. The minimum atomic E-state index is 0.644. The van der Waals surface area contributed by atoms with Gasteiger partial charge in [-0.25, -0.2) is 15.0 Å². The van der Waals surface area contributed by atoms with E-state index in [1.807, 2.05) is 79.7 Å². The molecule has 0 bridgehead atoms. The second kappa shape index (κ2) is 8.92. The van der Waals surface area contributed by atoms with Crippen molar-refractivity contribution in [2.24, 2.45) is 0 Å². The van der Waals surface area contributed by atoms with Crippen LogP contribution < -0.4 is 0 Å². The van der Waals surface area contributed by atoms with E-state index in [4.69, 9.17) is 15.0 Å². The topological polar surface area (TPSA) is 51.6 Å². The summed E-state index contributed by atoms with van der Waals surface area (Å²) in [6, 6.07) is 39.0. The van der Waals surface area contributed by atoms with Gasteiger partial charge >= 0.3 is 0 Å². The van der Waals surface area contributed by atoms with E-state index in [9.17, 15) is 0 Å². The zero-order chi connectivity index (χ0) is 23.6. The van der Waals surface area contributed by atoms with Crippen LogP contribution in [-0.2, 0) is 0 Å². The van der Waals surface area contributed by atoms with Crippen molar-refractivity contribution < 1.29 is 0 Å². The van der Waals surface area contributed by atoms with Crippen LogP contribution in [0.15, 0.2) is 115 Å². The molecule has 2 heterocycles. The molecule has 4 aromatic carbocycles. The summed E-state index contributed by atoms with van der Waals surface area (Å²) in [4.78, 5) is 19.2. The Morgan fingerprint density at radius 1 is 0.400 bits per heavy atom. The summed E-state index contributed by atoms with van der Waals surface area (Å²) in [7, 11) is 0. The number of pyridine rings is 1. The standard InChI is InChI=1S/C31H22N4/c1-21-8-7-13-28(32-21)23-15-17-25(18-16-23)30-33-29(24-10-3-2-4-11-24)34-31(35-30)27-19-14-22-9-5-6-12-26(22)20-27/h2-20H,1H3. The molecule has 0 radical (unpaired) electrons. The Labute approximate surface area is 204 Å². The molecule has 166 valence electrons. The highest BCUT2D eigenvalue weighted by atomic mass is 15.0. The smallest absolute Gasteiger partial charge is 0.164 e. The highest BCUT2D eigenvalue weighted by Gasteiger charge is 2.13. The highest BCUT2D eigenvalue weighted by Crippen LogP contribution is 2.28. The molecular weight excluding hydrogens is 428 g/mol. The van der Waals surface area contributed by atoms with Crippen LogP contribution in [0.2, 0.25) is 0 Å². The van der Waals surface area contributed by atoms with E-state index in [0.29, 0.717) is 17.5 Å². The van der Waals surface area contributed by atoms with Gasteiger partial charge in [-0.15, -0.1) is 0 Å². The highest BCUT2D eigenvalue weighted by molar-refractivity contribution is 5.86. The van der Waals surface area contributed by atoms with Gasteiger partial charge in [-0.2, -0.15) is 0 Å². The van der Waals surface area contributed by atoms with Gasteiger partial charge < -0.3 is 0 Å². The van der Waals surface area contributed by atoms with E-state index < -0.39 is 0 Å². The van der Waals surface area contributed by atoms with Crippen molar-refractivity contribution in [2.45, 2.75) is 6.92 Å². The van der Waals surface area contributed by atoms with E-state index in [0.717, 1.165) is 39.0 Å². The predicted molar refractivity (Wildman–Crippen MR) is 142 cm³/mol. The van der Waals surface area contributed by atoms with Crippen LogP contribution in [0.25, 0.3) is 56.2 Å². The van der Waals surface area contributed by atoms with Crippen LogP contribution in [0.3, 0.4) is 0 Å². The molecule has 0 saturated heterocycles. The molecule has 2 aromatic heterocycles. The van der Waals surface area contributed by atoms with E-state index >= 15 is 0 Å². The summed E-state index contributed by atoms with van der Waals surface area (Å²) >= 11 is 0. The van der Waals surface area contributed by atoms with Gasteiger partial charge in [0.2, 0.25) is 0 Å². The molecule has 0 aliphatic carbocycles. The maximum Gasteiger partial charge on any atom is 0.164 e. The van der Waals surface area contributed by atoms with Crippen LogP contribution in [0, 0.1) is 6.92 Å². The van der Waals surface area contributed by atoms with Gasteiger partial charge in [0.1, 0.15) is 0 Å². The number of nitrogens with zero attached hydrogens (tertiary/aromatic N) is 4. The molecule has 0 aliphatic heterocycles. The Hall–Kier alpha value is -4.70. The quantitative estimate of drug-likeness (QED) is 0.281. The Kier molecular flexibility index (Phi) is 5.32. The fraction of sp³-hybridized carbons (Fsp3) is 0.0323. The maximum atomic E-state index is 4.88. The number of hydrogen-bond acceptors (Lipinski definition) is 4. The Morgan fingerprint density at radius 3 is 1.69 bits per heavy atom. The third kappa shape index (κ3) is 4.30. The number of fused-ring (bicyclic) bond motifs is 1. The van der Waals surface area contributed by atoms with Gasteiger partial charge in [0.15, 0.2) is 17.5 Å². The second-order valence-corrected chi connectivity index (χ2v) is 8.48. The lowest BCUT2D eigenvalue weighted by molar-refractivity contribution is 1.07. The molecular formula is C31H22N4. The molecule has 0 amide bonds. The van der Waals surface area contributed by atoms with Crippen LogP contribution in [-0.4, -0.2) is 19.9 Å². The van der Waals surface area contributed by atoms with Crippen molar-refractivity contribution in [1.29, 1.82) is 0 Å². The average Bonchev–Trinajstić information content (AvgIpc) is 2.93. The summed E-state index contributed by atoms with van der Waals surface area (Å²) in [5.74, 6) is 1.96. The van der Waals surface area contributed by atoms with Gasteiger partial charge in [-0.1, -0.05) is 97.1 Å². The van der Waals surface area contributed by atoms with E-state index in [1.165, 1.54) is 5.39 Å². The van der Waals surface area contributed by atoms with Crippen LogP contribution in [0.5, 0.6) is 0 Å². The van der Waals surface area contributed by atoms with Gasteiger partial charge in [-0.05, 0) is 35.9 Å². The van der Waals surface area contributed by atoms with Crippen molar-refractivity contribution in [1.82, 2.24) is 19.9 Å². The van der Waals surface area contributed by atoms with Crippen molar-refractivity contribution in [3.8, 4) is 45.4 Å². The Balaban J connectivity index is 1.47. The zero-order valence-electron chi connectivity index (χ0n) is 19.3. The summed E-state index contributed by atoms with van der Waals surface area (Å²) in [6.45, 7) is 2.00. The molecule has 4 nitrogen and oxygen atoms in total. The first-order valence-corrected chi connectivity index (χ1v) is 11.6. The summed E-state index contributed by atoms with van der Waals surface area (Å²) < 4.78 is 0. The molecule has 0 N–H and O–H groups in total. The molecule has 0 saturated carbocycles. The number of benzene rings is 4. The Morgan fingerprint density at radius 2 is 0.971 bits per heavy atom. The van der Waals surface area contributed by atoms with E-state index in [-0.39, 0.29) is 0 Å². The number of aromatic nitrogens is 4. The van der Waals surface area contributed by atoms with Gasteiger partial charge in [0.25, 0.3) is 0 Å². The largest absolute Gasteiger partial charge is 0.253 e. The monoisotopic (exact) mass is 450 g/mol. The van der Waals surface area contributed by atoms with Crippen molar-refractivity contribution in [3.05, 3.63) is 121 Å². The summed E-state index contributed by atoms with van der Waals surface area (Å²) in [5, 5.41) is 2.34. The van der Waals surface area contributed by atoms with E-state index in [2.05, 4.69) is 47.4 Å². The van der Waals surface area contributed by atoms with Crippen molar-refractivity contribution in [3.63, 3.8) is 0 Å². The molecule has 6 rings (SSSR count). The minimum absolute atomic E-state index is 0.644. The lowest BCUT2D eigenvalue weighted by atomic mass is 10.1. The number of hydrogen-bond donors (Lipinski definition) is 0. The van der Waals surface area contributed by atoms with Crippen LogP contribution in [0.4, 0.5) is 0 Å². The second-order valence-electron chi connectivity index (χ2n) is 8.48. The first kappa shape index (κ1) is 20.9. The van der Waals surface area contributed by atoms with Crippen molar-refractivity contribution in [2.75, 3.05) is 0 Å². The molecule has 0 aliphatic rings. The van der Waals surface area contributed by atoms with Gasteiger partial charge in [0, 0.05) is 27.9 Å². The number of aryl methyl sites for hydroxylation is 1. The molecule has 0 spiro atoms. The van der Waals surface area contributed by atoms with Gasteiger partial charge in [0.05, 0.1) is 5.69 Å². The summed E-state index contributed by atoms with van der Waals surface area (Å²) in [5.41, 5.74) is 5.86. The predicted octanol–water partition coefficient (Wildman–Crippen LogP) is 7.40. The number of rotatable bonds is 4. The van der Waals surface area contributed by atoms with Crippen LogP contribution in [0.1, 0.15) is 5.69 Å². The fourth-order valence-electron chi connectivity index (χ4n) is 4.17. The SMILES string of the molecule is Cc1cccc(-c2ccc(-c3nc(-c4ccccc4)nc(-c4ccc5ccccc5c4)n3)cc2)n1. The third-order valence-electron chi connectivity index (χ3n) is 6.00. The van der Waals surface area contributed by atoms with E-state index in [1.54, 1.807) is 0 Å². The third-order valence-corrected chi connectivity index (χ3v) is 6.00. The molecule has 35 heavy (non-hydrogen) atoms. The molecule has 0 unspecified atom stereocenters. The first-order chi connectivity index (χ1) is 17.2. The first-order valence-electron chi connectivity index (χ1n) is 11.6. The maximum absolute atomic E-state index is 4.88. The van der Waals surface area contributed by atoms with Crippen LogP contribution >= 0.6 is 0 Å². The minimum Gasteiger partial charge on any atom is -0.253 e. The summed E-state index contributed by atoms with van der Waals surface area (Å²) in [6.07, 6.45) is 0. The Bertz CT molecular complexity index is 1640.